The SMILES string of the molecule is CCN(CC)CP(=O)(O)CN. The van der Waals surface area contributed by atoms with E-state index in [1.807, 2.05) is 18.7 Å². The van der Waals surface area contributed by atoms with E-state index >= 15 is 0 Å². The Bertz CT molecular complexity index is 148. The first kappa shape index (κ1) is 11.1. The van der Waals surface area contributed by atoms with Gasteiger partial charge < -0.3 is 10.6 Å². The minimum Gasteiger partial charge on any atom is -0.343 e. The monoisotopic (exact) mass is 180 g/mol. The van der Waals surface area contributed by atoms with Crippen molar-refractivity contribution in [3.05, 3.63) is 0 Å². The molecule has 0 bridgehead atoms. The molecule has 1 atom stereocenters. The average molecular weight is 180 g/mol. The molecule has 0 heterocycles. The molecule has 68 valence electrons. The molecule has 3 N–H and O–H groups in total. The Morgan fingerprint density at radius 3 is 2.18 bits per heavy atom. The van der Waals surface area contributed by atoms with Crippen LogP contribution in [0.2, 0.25) is 0 Å². The topological polar surface area (TPSA) is 66.6 Å². The minimum atomic E-state index is -3.06. The molecular weight excluding hydrogens is 163 g/mol. The summed E-state index contributed by atoms with van der Waals surface area (Å²) in [5.41, 5.74) is 5.12. The average Bonchev–Trinajstić information content (AvgIpc) is 2.00. The fourth-order valence-electron chi connectivity index (χ4n) is 0.794. The molecule has 5 heteroatoms. The van der Waals surface area contributed by atoms with Gasteiger partial charge in [0, 0.05) is 0 Å². The van der Waals surface area contributed by atoms with Gasteiger partial charge in [0.1, 0.15) is 0 Å². The van der Waals surface area contributed by atoms with Crippen LogP contribution in [0.1, 0.15) is 13.8 Å². The predicted molar refractivity (Wildman–Crippen MR) is 46.7 cm³/mol. The number of hydrogen-bond donors (Lipinski definition) is 2. The first-order valence-corrected chi connectivity index (χ1v) is 5.82. The molecule has 1 unspecified atom stereocenters. The van der Waals surface area contributed by atoms with Crippen LogP contribution in [0, 0.1) is 0 Å². The van der Waals surface area contributed by atoms with Crippen molar-refractivity contribution in [3.63, 3.8) is 0 Å². The van der Waals surface area contributed by atoms with Gasteiger partial charge in [-0.25, -0.2) is 0 Å². The van der Waals surface area contributed by atoms with Crippen LogP contribution in [0.15, 0.2) is 0 Å². The predicted octanol–water partition coefficient (Wildman–Crippen LogP) is 0.472. The second-order valence-corrected chi connectivity index (χ2v) is 4.81. The molecule has 0 saturated heterocycles. The highest BCUT2D eigenvalue weighted by molar-refractivity contribution is 7.57. The van der Waals surface area contributed by atoms with Crippen LogP contribution in [-0.2, 0) is 4.57 Å². The largest absolute Gasteiger partial charge is 0.343 e. The van der Waals surface area contributed by atoms with Gasteiger partial charge in [0.15, 0.2) is 0 Å². The third-order valence-electron chi connectivity index (χ3n) is 1.60. The molecule has 0 aliphatic carbocycles. The number of rotatable bonds is 5. The Morgan fingerprint density at radius 2 is 1.91 bits per heavy atom. The molecule has 0 aliphatic heterocycles. The van der Waals surface area contributed by atoms with Crippen LogP contribution >= 0.6 is 7.37 Å². The highest BCUT2D eigenvalue weighted by Gasteiger charge is 2.18. The van der Waals surface area contributed by atoms with Crippen molar-refractivity contribution in [1.82, 2.24) is 4.90 Å². The first-order valence-electron chi connectivity index (χ1n) is 3.79. The van der Waals surface area contributed by atoms with Crippen LogP contribution in [0.5, 0.6) is 0 Å². The van der Waals surface area contributed by atoms with Crippen molar-refractivity contribution in [2.75, 3.05) is 25.7 Å². The molecule has 0 aromatic heterocycles. The summed E-state index contributed by atoms with van der Waals surface area (Å²) in [5.74, 6) is 0. The highest BCUT2D eigenvalue weighted by Crippen LogP contribution is 2.38. The molecule has 0 spiro atoms. The molecule has 0 aliphatic rings. The summed E-state index contributed by atoms with van der Waals surface area (Å²) in [4.78, 5) is 11.0. The van der Waals surface area contributed by atoms with E-state index in [2.05, 4.69) is 0 Å². The summed E-state index contributed by atoms with van der Waals surface area (Å²) in [6.45, 7) is 5.50. The van der Waals surface area contributed by atoms with Gasteiger partial charge in [0.2, 0.25) is 7.37 Å². The zero-order valence-electron chi connectivity index (χ0n) is 7.16. The van der Waals surface area contributed by atoms with Crippen LogP contribution in [0.3, 0.4) is 0 Å². The Hall–Kier alpha value is 0.110. The van der Waals surface area contributed by atoms with Crippen LogP contribution in [0.4, 0.5) is 0 Å². The number of hydrogen-bond acceptors (Lipinski definition) is 3. The molecule has 0 radical (unpaired) electrons. The Morgan fingerprint density at radius 1 is 1.45 bits per heavy atom. The van der Waals surface area contributed by atoms with E-state index in [0.717, 1.165) is 13.1 Å². The molecule has 0 rings (SSSR count). The Balaban J connectivity index is 3.90. The lowest BCUT2D eigenvalue weighted by atomic mass is 10.6. The van der Waals surface area contributed by atoms with Gasteiger partial charge in [-0.2, -0.15) is 0 Å². The van der Waals surface area contributed by atoms with Gasteiger partial charge in [-0.15, -0.1) is 0 Å². The Kier molecular flexibility index (Phi) is 4.93. The van der Waals surface area contributed by atoms with E-state index in [4.69, 9.17) is 10.6 Å². The van der Waals surface area contributed by atoms with Crippen molar-refractivity contribution < 1.29 is 9.46 Å². The summed E-state index contributed by atoms with van der Waals surface area (Å²) in [5, 5.41) is 0. The first-order chi connectivity index (χ1) is 5.05. The third kappa shape index (κ3) is 4.53. The fourth-order valence-corrected chi connectivity index (χ4v) is 1.93. The summed E-state index contributed by atoms with van der Waals surface area (Å²) in [6.07, 6.45) is 0.0972. The summed E-state index contributed by atoms with van der Waals surface area (Å²) in [6, 6.07) is 0. The maximum absolute atomic E-state index is 11.1. The Labute approximate surface area is 67.8 Å². The lowest BCUT2D eigenvalue weighted by Crippen LogP contribution is -2.25. The van der Waals surface area contributed by atoms with Crippen molar-refractivity contribution >= 4 is 7.37 Å². The van der Waals surface area contributed by atoms with Crippen LogP contribution < -0.4 is 5.73 Å². The summed E-state index contributed by atoms with van der Waals surface area (Å²) in [7, 11) is -3.06. The van der Waals surface area contributed by atoms with Gasteiger partial charge in [-0.05, 0) is 13.1 Å². The van der Waals surface area contributed by atoms with Crippen LogP contribution in [-0.4, -0.2) is 35.5 Å². The standard InChI is InChI=1S/C6H17N2O2P/c1-3-8(4-2)6-11(9,10)5-7/h3-7H2,1-2H3,(H,9,10). The molecule has 0 aromatic rings. The second-order valence-electron chi connectivity index (χ2n) is 2.47. The van der Waals surface area contributed by atoms with Gasteiger partial charge in [-0.1, -0.05) is 13.8 Å². The minimum absolute atomic E-state index is 0.122. The summed E-state index contributed by atoms with van der Waals surface area (Å²) >= 11 is 0. The van der Waals surface area contributed by atoms with E-state index in [1.165, 1.54) is 0 Å². The van der Waals surface area contributed by atoms with Gasteiger partial charge >= 0.3 is 0 Å². The maximum atomic E-state index is 11.1. The third-order valence-corrected chi connectivity index (χ3v) is 3.01. The van der Waals surface area contributed by atoms with Gasteiger partial charge in [0.25, 0.3) is 0 Å². The number of nitrogens with zero attached hydrogens (tertiary/aromatic N) is 1. The molecular formula is C6H17N2O2P. The van der Waals surface area contributed by atoms with E-state index in [9.17, 15) is 4.57 Å². The van der Waals surface area contributed by atoms with Crippen molar-refractivity contribution in [2.45, 2.75) is 13.8 Å². The normalized spacial score (nSPS) is 16.8. The molecule has 0 amide bonds. The lowest BCUT2D eigenvalue weighted by Gasteiger charge is -2.20. The lowest BCUT2D eigenvalue weighted by molar-refractivity contribution is 0.331. The molecule has 0 fully saturated rings. The highest BCUT2D eigenvalue weighted by atomic mass is 31.2. The maximum Gasteiger partial charge on any atom is 0.227 e. The molecule has 11 heavy (non-hydrogen) atoms. The quantitative estimate of drug-likeness (QED) is 0.603. The number of nitrogens with two attached hydrogens (primary N) is 1. The van der Waals surface area contributed by atoms with E-state index < -0.39 is 7.37 Å². The summed E-state index contributed by atoms with van der Waals surface area (Å²) < 4.78 is 11.1. The van der Waals surface area contributed by atoms with Crippen LogP contribution in [0.25, 0.3) is 0 Å². The smallest absolute Gasteiger partial charge is 0.227 e. The van der Waals surface area contributed by atoms with Crippen molar-refractivity contribution in [2.24, 2.45) is 5.73 Å². The zero-order valence-corrected chi connectivity index (χ0v) is 8.05. The van der Waals surface area contributed by atoms with E-state index in [0.29, 0.717) is 0 Å². The second kappa shape index (κ2) is 4.88. The molecule has 0 aromatic carbocycles. The fraction of sp³-hybridized carbons (Fsp3) is 1.00. The van der Waals surface area contributed by atoms with Gasteiger partial charge in [-0.3, -0.25) is 9.46 Å². The molecule has 0 saturated carbocycles. The van der Waals surface area contributed by atoms with E-state index in [-0.39, 0.29) is 12.6 Å². The van der Waals surface area contributed by atoms with Gasteiger partial charge in [0.05, 0.1) is 12.6 Å². The zero-order chi connectivity index (χ0) is 8.91. The van der Waals surface area contributed by atoms with Crippen molar-refractivity contribution in [3.8, 4) is 0 Å². The van der Waals surface area contributed by atoms with Crippen molar-refractivity contribution in [1.29, 1.82) is 0 Å². The molecule has 4 nitrogen and oxygen atoms in total. The van der Waals surface area contributed by atoms with E-state index in [1.54, 1.807) is 0 Å².